The fourth-order valence-electron chi connectivity index (χ4n) is 1.76. The number of carbonyl (C=O) groups is 1. The van der Waals surface area contributed by atoms with Gasteiger partial charge < -0.3 is 14.9 Å². The molecule has 5 nitrogen and oxygen atoms in total. The zero-order valence-corrected chi connectivity index (χ0v) is 10.2. The number of benzene rings is 1. The molecule has 0 unspecified atom stereocenters. The highest BCUT2D eigenvalue weighted by molar-refractivity contribution is 5.95. The Labute approximate surface area is 104 Å². The largest absolute Gasteiger partial charge is 0.478 e. The van der Waals surface area contributed by atoms with Crippen LogP contribution in [0.25, 0.3) is 0 Å². The van der Waals surface area contributed by atoms with Crippen LogP contribution in [0.3, 0.4) is 0 Å². The van der Waals surface area contributed by atoms with E-state index in [4.69, 9.17) is 9.63 Å². The van der Waals surface area contributed by atoms with Crippen LogP contribution in [-0.2, 0) is 6.54 Å². The lowest BCUT2D eigenvalue weighted by atomic mass is 10.1. The topological polar surface area (TPSA) is 75.4 Å². The van der Waals surface area contributed by atoms with E-state index in [0.717, 1.165) is 17.0 Å². The van der Waals surface area contributed by atoms with E-state index in [1.807, 2.05) is 26.0 Å². The maximum Gasteiger partial charge on any atom is 0.337 e. The average Bonchev–Trinajstić information content (AvgIpc) is 2.73. The first-order valence-corrected chi connectivity index (χ1v) is 5.57. The van der Waals surface area contributed by atoms with E-state index < -0.39 is 5.97 Å². The molecule has 1 heterocycles. The molecule has 0 amide bonds. The molecule has 2 aromatic rings. The van der Waals surface area contributed by atoms with Gasteiger partial charge >= 0.3 is 5.97 Å². The van der Waals surface area contributed by atoms with Gasteiger partial charge in [-0.15, -0.1) is 0 Å². The summed E-state index contributed by atoms with van der Waals surface area (Å²) in [5.41, 5.74) is 2.50. The molecule has 0 aliphatic rings. The predicted molar refractivity (Wildman–Crippen MR) is 66.7 cm³/mol. The van der Waals surface area contributed by atoms with Crippen molar-refractivity contribution >= 4 is 11.7 Å². The van der Waals surface area contributed by atoms with E-state index in [1.165, 1.54) is 0 Å². The molecule has 0 aliphatic heterocycles. The second-order valence-corrected chi connectivity index (χ2v) is 4.09. The van der Waals surface area contributed by atoms with Gasteiger partial charge in [-0.05, 0) is 25.5 Å². The molecule has 0 fully saturated rings. The number of carboxylic acid groups (broad SMARTS) is 1. The smallest absolute Gasteiger partial charge is 0.337 e. The number of anilines is 1. The first-order valence-electron chi connectivity index (χ1n) is 5.57. The number of carboxylic acids is 1. The Morgan fingerprint density at radius 1 is 1.44 bits per heavy atom. The Morgan fingerprint density at radius 3 is 2.83 bits per heavy atom. The van der Waals surface area contributed by atoms with E-state index in [-0.39, 0.29) is 5.56 Å². The maximum atomic E-state index is 11.1. The molecule has 0 atom stereocenters. The zero-order chi connectivity index (χ0) is 13.1. The van der Waals surface area contributed by atoms with Gasteiger partial charge in [0.05, 0.1) is 17.8 Å². The van der Waals surface area contributed by atoms with Crippen LogP contribution < -0.4 is 5.32 Å². The average molecular weight is 246 g/mol. The van der Waals surface area contributed by atoms with Gasteiger partial charge in [0.2, 0.25) is 0 Å². The molecule has 0 spiro atoms. The standard InChI is InChI=1S/C13H14N2O3/c1-8-4-3-5-11(13(16)17)12(8)14-7-10-6-9(2)18-15-10/h3-6,14H,7H2,1-2H3,(H,16,17). The van der Waals surface area contributed by atoms with E-state index >= 15 is 0 Å². The van der Waals surface area contributed by atoms with E-state index in [2.05, 4.69) is 10.5 Å². The van der Waals surface area contributed by atoms with Crippen LogP contribution in [-0.4, -0.2) is 16.2 Å². The predicted octanol–water partition coefficient (Wildman–Crippen LogP) is 2.60. The van der Waals surface area contributed by atoms with E-state index in [0.29, 0.717) is 12.2 Å². The number of hydrogen-bond donors (Lipinski definition) is 2. The van der Waals surface area contributed by atoms with Crippen molar-refractivity contribution in [1.29, 1.82) is 0 Å². The molecule has 1 aromatic heterocycles. The molecular formula is C13H14N2O3. The number of rotatable bonds is 4. The number of nitrogens with one attached hydrogen (secondary N) is 1. The van der Waals surface area contributed by atoms with Crippen LogP contribution in [0, 0.1) is 13.8 Å². The van der Waals surface area contributed by atoms with Crippen LogP contribution in [0.4, 0.5) is 5.69 Å². The van der Waals surface area contributed by atoms with Gasteiger partial charge in [0.25, 0.3) is 0 Å². The molecular weight excluding hydrogens is 232 g/mol. The Balaban J connectivity index is 2.20. The van der Waals surface area contributed by atoms with Crippen LogP contribution in [0.2, 0.25) is 0 Å². The Bertz CT molecular complexity index is 575. The van der Waals surface area contributed by atoms with Crippen LogP contribution in [0.15, 0.2) is 28.8 Å². The molecule has 2 rings (SSSR count). The Morgan fingerprint density at radius 2 is 2.22 bits per heavy atom. The highest BCUT2D eigenvalue weighted by Gasteiger charge is 2.12. The molecule has 94 valence electrons. The van der Waals surface area contributed by atoms with Crippen molar-refractivity contribution in [3.8, 4) is 0 Å². The summed E-state index contributed by atoms with van der Waals surface area (Å²) in [6, 6.07) is 6.98. The lowest BCUT2D eigenvalue weighted by Gasteiger charge is -2.11. The first kappa shape index (κ1) is 12.2. The van der Waals surface area contributed by atoms with Gasteiger partial charge in [-0.3, -0.25) is 0 Å². The maximum absolute atomic E-state index is 11.1. The minimum absolute atomic E-state index is 0.259. The summed E-state index contributed by atoms with van der Waals surface area (Å²) in [4.78, 5) is 11.1. The molecule has 1 aromatic carbocycles. The summed E-state index contributed by atoms with van der Waals surface area (Å²) in [5, 5.41) is 16.1. The quantitative estimate of drug-likeness (QED) is 0.867. The van der Waals surface area contributed by atoms with Crippen molar-refractivity contribution in [1.82, 2.24) is 5.16 Å². The molecule has 0 radical (unpaired) electrons. The van der Waals surface area contributed by atoms with Crippen molar-refractivity contribution < 1.29 is 14.4 Å². The third-order valence-electron chi connectivity index (χ3n) is 2.63. The van der Waals surface area contributed by atoms with Gasteiger partial charge in [-0.25, -0.2) is 4.79 Å². The van der Waals surface area contributed by atoms with Gasteiger partial charge in [0, 0.05) is 6.07 Å². The van der Waals surface area contributed by atoms with Crippen molar-refractivity contribution in [3.05, 3.63) is 46.8 Å². The van der Waals surface area contributed by atoms with Crippen molar-refractivity contribution in [2.45, 2.75) is 20.4 Å². The van der Waals surface area contributed by atoms with Crippen LogP contribution >= 0.6 is 0 Å². The fourth-order valence-corrected chi connectivity index (χ4v) is 1.76. The van der Waals surface area contributed by atoms with Gasteiger partial charge in [-0.1, -0.05) is 17.3 Å². The fraction of sp³-hybridized carbons (Fsp3) is 0.231. The number of aryl methyl sites for hydroxylation is 2. The number of nitrogens with zero attached hydrogens (tertiary/aromatic N) is 1. The zero-order valence-electron chi connectivity index (χ0n) is 10.2. The third-order valence-corrected chi connectivity index (χ3v) is 2.63. The molecule has 0 aliphatic carbocycles. The molecule has 2 N–H and O–H groups in total. The van der Waals surface area contributed by atoms with E-state index in [9.17, 15) is 4.79 Å². The first-order chi connectivity index (χ1) is 8.58. The van der Waals surface area contributed by atoms with Gasteiger partial charge in [-0.2, -0.15) is 0 Å². The monoisotopic (exact) mass is 246 g/mol. The molecule has 18 heavy (non-hydrogen) atoms. The van der Waals surface area contributed by atoms with Crippen LogP contribution in [0.5, 0.6) is 0 Å². The van der Waals surface area contributed by atoms with Crippen molar-refractivity contribution in [3.63, 3.8) is 0 Å². The SMILES string of the molecule is Cc1cc(CNc2c(C)cccc2C(=O)O)no1. The lowest BCUT2D eigenvalue weighted by Crippen LogP contribution is -2.08. The number of aromatic carboxylic acids is 1. The van der Waals surface area contributed by atoms with Gasteiger partial charge in [0.15, 0.2) is 0 Å². The summed E-state index contributed by atoms with van der Waals surface area (Å²) in [6.07, 6.45) is 0. The van der Waals surface area contributed by atoms with Crippen molar-refractivity contribution in [2.75, 3.05) is 5.32 Å². The normalized spacial score (nSPS) is 10.3. The summed E-state index contributed by atoms with van der Waals surface area (Å²) < 4.78 is 4.95. The minimum Gasteiger partial charge on any atom is -0.478 e. The Kier molecular flexibility index (Phi) is 3.32. The number of para-hydroxylation sites is 1. The highest BCUT2D eigenvalue weighted by Crippen LogP contribution is 2.21. The second-order valence-electron chi connectivity index (χ2n) is 4.09. The summed E-state index contributed by atoms with van der Waals surface area (Å²) in [6.45, 7) is 4.11. The molecule has 0 saturated carbocycles. The van der Waals surface area contributed by atoms with Crippen LogP contribution in [0.1, 0.15) is 27.4 Å². The molecule has 0 bridgehead atoms. The summed E-state index contributed by atoms with van der Waals surface area (Å²) in [5.74, 6) is -0.215. The highest BCUT2D eigenvalue weighted by atomic mass is 16.5. The van der Waals surface area contributed by atoms with Gasteiger partial charge in [0.1, 0.15) is 11.5 Å². The number of hydrogen-bond acceptors (Lipinski definition) is 4. The minimum atomic E-state index is -0.947. The molecule has 5 heteroatoms. The lowest BCUT2D eigenvalue weighted by molar-refractivity contribution is 0.0698. The Hall–Kier alpha value is -2.30. The third kappa shape index (κ3) is 2.51. The summed E-state index contributed by atoms with van der Waals surface area (Å²) in [7, 11) is 0. The number of aromatic nitrogens is 1. The summed E-state index contributed by atoms with van der Waals surface area (Å²) >= 11 is 0. The molecule has 0 saturated heterocycles. The van der Waals surface area contributed by atoms with E-state index in [1.54, 1.807) is 12.1 Å². The second kappa shape index (κ2) is 4.91. The van der Waals surface area contributed by atoms with Crippen molar-refractivity contribution in [2.24, 2.45) is 0 Å².